The maximum Gasteiger partial charge on any atom is 0.280 e. The molecule has 0 bridgehead atoms. The minimum absolute atomic E-state index is 0.0375. The molecular formula is C24H23N5O7S. The molecule has 13 heteroatoms. The number of ether oxygens (including phenoxy) is 3. The van der Waals surface area contributed by atoms with Gasteiger partial charge in [0.2, 0.25) is 5.75 Å². The zero-order valence-corrected chi connectivity index (χ0v) is 20.7. The summed E-state index contributed by atoms with van der Waals surface area (Å²) >= 11 is 0. The summed E-state index contributed by atoms with van der Waals surface area (Å²) in [6.45, 7) is 1.27. The maximum absolute atomic E-state index is 13.2. The number of aliphatic hydroxyl groups is 1. The fourth-order valence-corrected chi connectivity index (χ4v) is 4.06. The molecule has 0 unspecified atom stereocenters. The lowest BCUT2D eigenvalue weighted by molar-refractivity contribution is -0.605. The molecule has 12 nitrogen and oxygen atoms in total. The number of rotatable bonds is 10. The lowest BCUT2D eigenvalue weighted by Crippen LogP contribution is -2.23. The minimum Gasteiger partial charge on any atom is -0.619 e. The number of hydrogen-bond acceptors (Lipinski definition) is 10. The summed E-state index contributed by atoms with van der Waals surface area (Å²) in [5.74, 6) is 0.0408. The number of methoxy groups -OCH3 is 1. The molecular weight excluding hydrogens is 502 g/mol. The quantitative estimate of drug-likeness (QED) is 0.232. The number of sulfonamides is 1. The van der Waals surface area contributed by atoms with Gasteiger partial charge in [0.1, 0.15) is 6.61 Å². The highest BCUT2D eigenvalue weighted by molar-refractivity contribution is 7.92. The summed E-state index contributed by atoms with van der Waals surface area (Å²) in [7, 11) is -2.77. The van der Waals surface area contributed by atoms with Gasteiger partial charge in [-0.2, -0.15) is 18.1 Å². The molecule has 0 atom stereocenters. The number of benzene rings is 1. The third-order valence-corrected chi connectivity index (χ3v) is 6.15. The third kappa shape index (κ3) is 6.02. The van der Waals surface area contributed by atoms with Gasteiger partial charge in [-0.05, 0) is 30.7 Å². The average Bonchev–Trinajstić information content (AvgIpc) is 2.89. The second-order valence-electron chi connectivity index (χ2n) is 7.58. The predicted octanol–water partition coefficient (Wildman–Crippen LogP) is 2.45. The molecule has 0 saturated carbocycles. The zero-order chi connectivity index (χ0) is 26.4. The number of nitrogens with zero attached hydrogens (tertiary/aromatic N) is 4. The van der Waals surface area contributed by atoms with E-state index in [0.717, 1.165) is 5.56 Å². The number of aliphatic hydroxyl groups excluding tert-OH is 1. The molecule has 3 aromatic heterocycles. The summed E-state index contributed by atoms with van der Waals surface area (Å²) in [6.07, 6.45) is 3.91. The summed E-state index contributed by atoms with van der Waals surface area (Å²) in [5.41, 5.74) is 1.18. The Bertz CT molecular complexity index is 1480. The fraction of sp³-hybridized carbons (Fsp3) is 0.167. The largest absolute Gasteiger partial charge is 0.619 e. The van der Waals surface area contributed by atoms with Crippen molar-refractivity contribution in [1.29, 1.82) is 0 Å². The highest BCUT2D eigenvalue weighted by Crippen LogP contribution is 2.41. The van der Waals surface area contributed by atoms with E-state index in [2.05, 4.69) is 19.7 Å². The van der Waals surface area contributed by atoms with Gasteiger partial charge < -0.3 is 24.5 Å². The van der Waals surface area contributed by atoms with Crippen LogP contribution in [0.25, 0.3) is 11.4 Å². The third-order valence-electron chi connectivity index (χ3n) is 4.90. The summed E-state index contributed by atoms with van der Waals surface area (Å²) in [6, 6.07) is 12.6. The number of pyridine rings is 2. The average molecular weight is 526 g/mol. The highest BCUT2D eigenvalue weighted by atomic mass is 32.2. The van der Waals surface area contributed by atoms with Crippen LogP contribution in [0.3, 0.4) is 0 Å². The number of anilines is 1. The van der Waals surface area contributed by atoms with Crippen LogP contribution in [0, 0.1) is 12.1 Å². The van der Waals surface area contributed by atoms with Crippen molar-refractivity contribution in [2.24, 2.45) is 0 Å². The maximum atomic E-state index is 13.2. The van der Waals surface area contributed by atoms with Crippen LogP contribution in [0.5, 0.6) is 23.1 Å². The minimum atomic E-state index is -4.23. The van der Waals surface area contributed by atoms with Crippen molar-refractivity contribution in [1.82, 2.24) is 15.0 Å². The highest BCUT2D eigenvalue weighted by Gasteiger charge is 2.26. The lowest BCUT2D eigenvalue weighted by Gasteiger charge is -2.18. The molecule has 4 aromatic rings. The van der Waals surface area contributed by atoms with Gasteiger partial charge in [0.25, 0.3) is 15.9 Å². The van der Waals surface area contributed by atoms with Crippen molar-refractivity contribution in [3.8, 4) is 34.5 Å². The first-order valence-electron chi connectivity index (χ1n) is 10.9. The van der Waals surface area contributed by atoms with Crippen LogP contribution >= 0.6 is 0 Å². The Kier molecular flexibility index (Phi) is 7.65. The summed E-state index contributed by atoms with van der Waals surface area (Å²) < 4.78 is 46.4. The van der Waals surface area contributed by atoms with Gasteiger partial charge in [-0.25, -0.2) is 9.97 Å². The van der Waals surface area contributed by atoms with Crippen molar-refractivity contribution in [2.75, 3.05) is 25.0 Å². The van der Waals surface area contributed by atoms with Gasteiger partial charge in [0.05, 0.1) is 13.7 Å². The van der Waals surface area contributed by atoms with Gasteiger partial charge in [-0.15, -0.1) is 0 Å². The molecule has 2 N–H and O–H groups in total. The van der Waals surface area contributed by atoms with Crippen molar-refractivity contribution >= 4 is 15.8 Å². The van der Waals surface area contributed by atoms with Crippen molar-refractivity contribution in [2.45, 2.75) is 11.9 Å². The van der Waals surface area contributed by atoms with Crippen molar-refractivity contribution in [3.05, 3.63) is 77.9 Å². The Morgan fingerprint density at radius 1 is 1.05 bits per heavy atom. The molecule has 0 aliphatic rings. The van der Waals surface area contributed by atoms with E-state index in [-0.39, 0.29) is 47.3 Å². The number of aryl methyl sites for hydroxylation is 1. The molecule has 0 radical (unpaired) electrons. The van der Waals surface area contributed by atoms with Crippen LogP contribution < -0.4 is 23.7 Å². The number of para-hydroxylation sites is 2. The van der Waals surface area contributed by atoms with Crippen LogP contribution in [-0.4, -0.2) is 48.8 Å². The molecule has 0 amide bonds. The van der Waals surface area contributed by atoms with Crippen LogP contribution in [0.1, 0.15) is 5.56 Å². The first kappa shape index (κ1) is 25.6. The summed E-state index contributed by atoms with van der Waals surface area (Å²) in [5, 5.41) is 20.6. The van der Waals surface area contributed by atoms with Crippen molar-refractivity contribution < 1.29 is 32.5 Å². The van der Waals surface area contributed by atoms with E-state index in [1.54, 1.807) is 37.3 Å². The van der Waals surface area contributed by atoms with E-state index in [0.29, 0.717) is 16.0 Å². The smallest absolute Gasteiger partial charge is 0.280 e. The van der Waals surface area contributed by atoms with E-state index in [9.17, 15) is 18.7 Å². The molecule has 0 saturated heterocycles. The van der Waals surface area contributed by atoms with E-state index < -0.39 is 10.0 Å². The van der Waals surface area contributed by atoms with Crippen LogP contribution in [-0.2, 0) is 10.0 Å². The van der Waals surface area contributed by atoms with Crippen LogP contribution in [0.4, 0.5) is 5.82 Å². The lowest BCUT2D eigenvalue weighted by atomic mass is 10.2. The standard InChI is InChI=1S/C24H23N5O7S/c1-16-7-8-20(25-15-16)37(32,33)28-23-21(36-19-6-4-3-5-18(19)34-2)24(35-14-13-30)27-22(26-23)17-9-11-29(31)12-10-17/h3-12,15,30H,13-14H2,1-2H3,(H,26,27,28). The topological polar surface area (TPSA) is 160 Å². The second kappa shape index (κ2) is 11.1. The van der Waals surface area contributed by atoms with Gasteiger partial charge in [-0.3, -0.25) is 4.72 Å². The zero-order valence-electron chi connectivity index (χ0n) is 19.9. The molecule has 4 rings (SSSR count). The normalized spacial score (nSPS) is 11.1. The monoisotopic (exact) mass is 525 g/mol. The molecule has 1 aromatic carbocycles. The SMILES string of the molecule is COc1ccccc1Oc1c(NS(=O)(=O)c2ccc(C)cn2)nc(-c2cc[n+]([O-])cc2)nc1OCCO. The fourth-order valence-electron chi connectivity index (χ4n) is 3.13. The molecule has 37 heavy (non-hydrogen) atoms. The second-order valence-corrected chi connectivity index (χ2v) is 9.21. The molecule has 0 aliphatic heterocycles. The Morgan fingerprint density at radius 3 is 2.43 bits per heavy atom. The van der Waals surface area contributed by atoms with Gasteiger partial charge in [0, 0.05) is 23.9 Å². The first-order valence-corrected chi connectivity index (χ1v) is 12.4. The van der Waals surface area contributed by atoms with E-state index in [1.165, 1.54) is 43.9 Å². The number of hydrogen-bond donors (Lipinski definition) is 2. The van der Waals surface area contributed by atoms with E-state index in [1.807, 2.05) is 0 Å². The molecule has 0 aliphatic carbocycles. The number of aromatic nitrogens is 4. The van der Waals surface area contributed by atoms with Crippen molar-refractivity contribution in [3.63, 3.8) is 0 Å². The Balaban J connectivity index is 1.89. The molecule has 192 valence electrons. The Morgan fingerprint density at radius 2 is 1.78 bits per heavy atom. The van der Waals surface area contributed by atoms with Gasteiger partial charge in [-0.1, -0.05) is 18.2 Å². The first-order chi connectivity index (χ1) is 17.8. The van der Waals surface area contributed by atoms with Gasteiger partial charge in [0.15, 0.2) is 40.6 Å². The van der Waals surface area contributed by atoms with E-state index >= 15 is 0 Å². The summed E-state index contributed by atoms with van der Waals surface area (Å²) in [4.78, 5) is 12.7. The Hall–Kier alpha value is -4.49. The Labute approximate surface area is 212 Å². The van der Waals surface area contributed by atoms with E-state index in [4.69, 9.17) is 14.2 Å². The predicted molar refractivity (Wildman–Crippen MR) is 132 cm³/mol. The molecule has 3 heterocycles. The molecule has 0 fully saturated rings. The molecule has 0 spiro atoms. The van der Waals surface area contributed by atoms with Crippen LogP contribution in [0.2, 0.25) is 0 Å². The number of nitrogens with one attached hydrogen (secondary N) is 1. The van der Waals surface area contributed by atoms with Gasteiger partial charge >= 0.3 is 0 Å². The van der Waals surface area contributed by atoms with Crippen LogP contribution in [0.15, 0.2) is 72.1 Å².